The molecule has 0 spiro atoms. The number of carbonyl (C=O) groups is 1. The number of amides is 1. The van der Waals surface area contributed by atoms with E-state index in [1.807, 2.05) is 5.01 Å². The highest BCUT2D eigenvalue weighted by Gasteiger charge is 2.28. The smallest absolute Gasteiger partial charge is 0.254 e. The van der Waals surface area contributed by atoms with Crippen molar-refractivity contribution in [2.24, 2.45) is 16.1 Å². The third-order valence-electron chi connectivity index (χ3n) is 2.61. The molecule has 1 amide bonds. The summed E-state index contributed by atoms with van der Waals surface area (Å²) in [7, 11) is 1.57. The summed E-state index contributed by atoms with van der Waals surface area (Å²) in [6.45, 7) is 3.18. The molecule has 7 nitrogen and oxygen atoms in total. The van der Waals surface area contributed by atoms with Gasteiger partial charge in [-0.15, -0.1) is 0 Å². The predicted molar refractivity (Wildman–Crippen MR) is 61.8 cm³/mol. The van der Waals surface area contributed by atoms with E-state index < -0.39 is 5.92 Å². The van der Waals surface area contributed by atoms with Gasteiger partial charge in [0.05, 0.1) is 38.6 Å². The second-order valence-corrected chi connectivity index (χ2v) is 3.82. The number of morpholine rings is 1. The summed E-state index contributed by atoms with van der Waals surface area (Å²) in [6.07, 6.45) is 1.62. The minimum absolute atomic E-state index is 0.158. The summed E-state index contributed by atoms with van der Waals surface area (Å²) < 4.78 is 10.2. The van der Waals surface area contributed by atoms with Gasteiger partial charge in [0.25, 0.3) is 5.91 Å². The fraction of sp³-hybridized carbons (Fsp3) is 0.700. The Morgan fingerprint density at radius 1 is 1.65 bits per heavy atom. The van der Waals surface area contributed by atoms with Crippen molar-refractivity contribution in [1.29, 1.82) is 0 Å². The monoisotopic (exact) mass is 240 g/mol. The van der Waals surface area contributed by atoms with Crippen molar-refractivity contribution in [1.82, 2.24) is 10.4 Å². The summed E-state index contributed by atoms with van der Waals surface area (Å²) in [5.74, 6) is -0.577. The van der Waals surface area contributed by atoms with Crippen LogP contribution in [0.2, 0.25) is 0 Å². The highest BCUT2D eigenvalue weighted by molar-refractivity contribution is 6.19. The number of carbonyl (C=O) groups excluding carboxylic acids is 1. The maximum Gasteiger partial charge on any atom is 0.254 e. The summed E-state index contributed by atoms with van der Waals surface area (Å²) >= 11 is 0. The Labute approximate surface area is 99.4 Å². The van der Waals surface area contributed by atoms with Crippen LogP contribution < -0.4 is 5.43 Å². The summed E-state index contributed by atoms with van der Waals surface area (Å²) in [6, 6.07) is 0. The van der Waals surface area contributed by atoms with Gasteiger partial charge in [-0.2, -0.15) is 10.2 Å². The lowest BCUT2D eigenvalue weighted by molar-refractivity contribution is -0.120. The fourth-order valence-electron chi connectivity index (χ4n) is 1.67. The average molecular weight is 240 g/mol. The average Bonchev–Trinajstić information content (AvgIpc) is 2.70. The molecule has 2 aliphatic heterocycles. The zero-order valence-electron chi connectivity index (χ0n) is 9.76. The van der Waals surface area contributed by atoms with Crippen LogP contribution in [0, 0.1) is 5.92 Å². The van der Waals surface area contributed by atoms with Gasteiger partial charge in [-0.3, -0.25) is 9.80 Å². The molecule has 1 N–H and O–H groups in total. The minimum Gasteiger partial charge on any atom is -0.379 e. The lowest BCUT2D eigenvalue weighted by Crippen LogP contribution is -2.34. The van der Waals surface area contributed by atoms with Gasteiger partial charge < -0.3 is 9.47 Å². The number of nitrogens with zero attached hydrogens (tertiary/aromatic N) is 3. The van der Waals surface area contributed by atoms with Gasteiger partial charge in [-0.1, -0.05) is 0 Å². The number of nitrogens with one attached hydrogen (secondary N) is 1. The maximum atomic E-state index is 11.5. The molecular weight excluding hydrogens is 224 g/mol. The van der Waals surface area contributed by atoms with Gasteiger partial charge in [0.15, 0.2) is 0 Å². The summed E-state index contributed by atoms with van der Waals surface area (Å²) in [5, 5.41) is 10.1. The van der Waals surface area contributed by atoms with E-state index in [2.05, 4.69) is 15.6 Å². The molecule has 1 unspecified atom stereocenters. The normalized spacial score (nSPS) is 25.2. The second-order valence-electron chi connectivity index (χ2n) is 3.82. The van der Waals surface area contributed by atoms with Gasteiger partial charge in [0.2, 0.25) is 0 Å². The summed E-state index contributed by atoms with van der Waals surface area (Å²) in [4.78, 5) is 11.5. The molecule has 2 aliphatic rings. The first-order valence-electron chi connectivity index (χ1n) is 5.53. The molecule has 0 aromatic carbocycles. The SMILES string of the molecule is COCC1=NNC(=O)C1/C=N/N1CCOCC1. The van der Waals surface area contributed by atoms with Crippen LogP contribution in [0.5, 0.6) is 0 Å². The van der Waals surface area contributed by atoms with Crippen molar-refractivity contribution in [2.45, 2.75) is 0 Å². The Bertz CT molecular complexity index is 336. The van der Waals surface area contributed by atoms with Crippen molar-refractivity contribution in [3.8, 4) is 0 Å². The highest BCUT2D eigenvalue weighted by atomic mass is 16.5. The fourth-order valence-corrected chi connectivity index (χ4v) is 1.67. The van der Waals surface area contributed by atoms with E-state index >= 15 is 0 Å². The molecule has 0 aliphatic carbocycles. The number of hydrogen-bond acceptors (Lipinski definition) is 6. The summed E-state index contributed by atoms with van der Waals surface area (Å²) in [5.41, 5.74) is 3.09. The van der Waals surface area contributed by atoms with Crippen LogP contribution in [0.4, 0.5) is 0 Å². The number of methoxy groups -OCH3 is 1. The topological polar surface area (TPSA) is 75.5 Å². The second kappa shape index (κ2) is 5.74. The lowest BCUT2D eigenvalue weighted by atomic mass is 10.1. The first-order chi connectivity index (χ1) is 8.31. The molecule has 2 rings (SSSR count). The molecule has 0 radical (unpaired) electrons. The van der Waals surface area contributed by atoms with Gasteiger partial charge in [0.1, 0.15) is 5.92 Å². The standard InChI is InChI=1S/C10H16N4O3/c1-16-7-9-8(10(15)13-12-9)6-11-14-2-4-17-5-3-14/h6,8H,2-5,7H2,1H3,(H,13,15)/b11-6+. The molecule has 2 heterocycles. The number of rotatable bonds is 4. The molecule has 0 saturated carbocycles. The van der Waals surface area contributed by atoms with Crippen LogP contribution >= 0.6 is 0 Å². The number of ether oxygens (including phenoxy) is 2. The van der Waals surface area contributed by atoms with Crippen LogP contribution in [-0.4, -0.2) is 62.9 Å². The van der Waals surface area contributed by atoms with E-state index in [0.29, 0.717) is 25.5 Å². The van der Waals surface area contributed by atoms with Crippen molar-refractivity contribution < 1.29 is 14.3 Å². The van der Waals surface area contributed by atoms with Crippen LogP contribution in [0.1, 0.15) is 0 Å². The maximum absolute atomic E-state index is 11.5. The van der Waals surface area contributed by atoms with E-state index in [-0.39, 0.29) is 5.91 Å². The number of hydrazone groups is 2. The first-order valence-corrected chi connectivity index (χ1v) is 5.53. The van der Waals surface area contributed by atoms with E-state index in [4.69, 9.17) is 9.47 Å². The third-order valence-corrected chi connectivity index (χ3v) is 2.61. The Morgan fingerprint density at radius 2 is 2.41 bits per heavy atom. The molecule has 7 heteroatoms. The van der Waals surface area contributed by atoms with Gasteiger partial charge in [-0.05, 0) is 0 Å². The highest BCUT2D eigenvalue weighted by Crippen LogP contribution is 2.06. The molecule has 94 valence electrons. The Balaban J connectivity index is 1.93. The third kappa shape index (κ3) is 3.01. The van der Waals surface area contributed by atoms with E-state index in [0.717, 1.165) is 13.1 Å². The molecule has 0 aromatic heterocycles. The van der Waals surface area contributed by atoms with Gasteiger partial charge >= 0.3 is 0 Å². The van der Waals surface area contributed by atoms with Crippen molar-refractivity contribution in [2.75, 3.05) is 40.0 Å². The zero-order valence-corrected chi connectivity index (χ0v) is 9.76. The Kier molecular flexibility index (Phi) is 4.05. The Hall–Kier alpha value is -1.47. The molecule has 0 bridgehead atoms. The van der Waals surface area contributed by atoms with E-state index in [1.165, 1.54) is 0 Å². The first kappa shape index (κ1) is 12.0. The van der Waals surface area contributed by atoms with Gasteiger partial charge in [-0.25, -0.2) is 5.43 Å². The van der Waals surface area contributed by atoms with Crippen LogP contribution in [0.25, 0.3) is 0 Å². The van der Waals surface area contributed by atoms with Crippen LogP contribution in [0.3, 0.4) is 0 Å². The van der Waals surface area contributed by atoms with Crippen molar-refractivity contribution in [3.63, 3.8) is 0 Å². The Morgan fingerprint density at radius 3 is 3.12 bits per heavy atom. The molecular formula is C10H16N4O3. The quantitative estimate of drug-likeness (QED) is 0.643. The molecule has 1 fully saturated rings. The minimum atomic E-state index is -0.419. The van der Waals surface area contributed by atoms with Crippen molar-refractivity contribution in [3.05, 3.63) is 0 Å². The van der Waals surface area contributed by atoms with Crippen LogP contribution in [-0.2, 0) is 14.3 Å². The van der Waals surface area contributed by atoms with Crippen LogP contribution in [0.15, 0.2) is 10.2 Å². The zero-order chi connectivity index (χ0) is 12.1. The largest absolute Gasteiger partial charge is 0.379 e. The van der Waals surface area contributed by atoms with E-state index in [9.17, 15) is 4.79 Å². The predicted octanol–water partition coefficient (Wildman–Crippen LogP) is -0.947. The van der Waals surface area contributed by atoms with Crippen molar-refractivity contribution >= 4 is 17.8 Å². The molecule has 1 saturated heterocycles. The molecule has 17 heavy (non-hydrogen) atoms. The lowest BCUT2D eigenvalue weighted by Gasteiger charge is -2.23. The molecule has 1 atom stereocenters. The number of hydrogen-bond donors (Lipinski definition) is 1. The van der Waals surface area contributed by atoms with Gasteiger partial charge in [0, 0.05) is 13.3 Å². The molecule has 0 aromatic rings. The van der Waals surface area contributed by atoms with E-state index in [1.54, 1.807) is 13.3 Å².